The molecule has 0 radical (unpaired) electrons. The molecule has 1 aromatic rings. The summed E-state index contributed by atoms with van der Waals surface area (Å²) < 4.78 is 0. The first-order valence-corrected chi connectivity index (χ1v) is 7.38. The standard InChI is InChI=1S/C13H17N3O4S/c1-7-4-16(5-9(7)13(19)20)6-10(17)15-12-8(11(14)18)2-3-21-12/h2-3,7,9H,4-6H2,1H3,(H2,14,18)(H,15,17)(H,19,20). The Balaban J connectivity index is 1.92. The van der Waals surface area contributed by atoms with E-state index in [2.05, 4.69) is 5.32 Å². The fourth-order valence-electron chi connectivity index (χ4n) is 2.49. The lowest BCUT2D eigenvalue weighted by atomic mass is 9.99. The average molecular weight is 311 g/mol. The largest absolute Gasteiger partial charge is 0.481 e. The van der Waals surface area contributed by atoms with Gasteiger partial charge in [-0.3, -0.25) is 19.3 Å². The summed E-state index contributed by atoms with van der Waals surface area (Å²) in [6.45, 7) is 2.89. The van der Waals surface area contributed by atoms with Crippen molar-refractivity contribution in [2.24, 2.45) is 17.6 Å². The predicted molar refractivity (Wildman–Crippen MR) is 78.2 cm³/mol. The number of anilines is 1. The van der Waals surface area contributed by atoms with Gasteiger partial charge in [-0.2, -0.15) is 0 Å². The Morgan fingerprint density at radius 1 is 1.48 bits per heavy atom. The molecule has 1 fully saturated rings. The lowest BCUT2D eigenvalue weighted by molar-refractivity contribution is -0.142. The van der Waals surface area contributed by atoms with Gasteiger partial charge in [-0.05, 0) is 17.4 Å². The molecule has 1 aliphatic rings. The smallest absolute Gasteiger partial charge is 0.308 e. The monoisotopic (exact) mass is 311 g/mol. The zero-order valence-electron chi connectivity index (χ0n) is 11.5. The molecule has 2 amide bonds. The van der Waals surface area contributed by atoms with Gasteiger partial charge >= 0.3 is 5.97 Å². The van der Waals surface area contributed by atoms with Gasteiger partial charge in [0.05, 0.1) is 18.0 Å². The number of aliphatic carboxylic acids is 1. The SMILES string of the molecule is CC1CN(CC(=O)Nc2sccc2C(N)=O)CC1C(=O)O. The highest BCUT2D eigenvalue weighted by molar-refractivity contribution is 7.14. The fourth-order valence-corrected chi connectivity index (χ4v) is 3.30. The van der Waals surface area contributed by atoms with E-state index in [0.29, 0.717) is 18.1 Å². The molecule has 8 heteroatoms. The molecule has 1 aromatic heterocycles. The van der Waals surface area contributed by atoms with Crippen LogP contribution in [-0.4, -0.2) is 47.4 Å². The molecule has 1 saturated heterocycles. The molecule has 0 aromatic carbocycles. The van der Waals surface area contributed by atoms with E-state index in [-0.39, 0.29) is 23.9 Å². The maximum absolute atomic E-state index is 12.0. The molecule has 2 unspecified atom stereocenters. The summed E-state index contributed by atoms with van der Waals surface area (Å²) in [7, 11) is 0. The number of thiophene rings is 1. The highest BCUT2D eigenvalue weighted by atomic mass is 32.1. The van der Waals surface area contributed by atoms with Gasteiger partial charge in [0.15, 0.2) is 0 Å². The van der Waals surface area contributed by atoms with Crippen molar-refractivity contribution >= 4 is 34.1 Å². The van der Waals surface area contributed by atoms with Gasteiger partial charge in [0.1, 0.15) is 5.00 Å². The van der Waals surface area contributed by atoms with Crippen molar-refractivity contribution < 1.29 is 19.5 Å². The molecule has 7 nitrogen and oxygen atoms in total. The number of primary amides is 1. The van der Waals surface area contributed by atoms with E-state index in [1.54, 1.807) is 16.3 Å². The minimum Gasteiger partial charge on any atom is -0.481 e. The minimum absolute atomic E-state index is 0.0122. The lowest BCUT2D eigenvalue weighted by Gasteiger charge is -2.14. The van der Waals surface area contributed by atoms with Crippen molar-refractivity contribution in [3.8, 4) is 0 Å². The summed E-state index contributed by atoms with van der Waals surface area (Å²) in [4.78, 5) is 36.0. The van der Waals surface area contributed by atoms with Crippen molar-refractivity contribution in [2.45, 2.75) is 6.92 Å². The predicted octanol–water partition coefficient (Wildman–Crippen LogP) is 0.438. The number of nitrogens with one attached hydrogen (secondary N) is 1. The first-order valence-electron chi connectivity index (χ1n) is 6.50. The van der Waals surface area contributed by atoms with Crippen molar-refractivity contribution in [1.82, 2.24) is 4.90 Å². The molecule has 4 N–H and O–H groups in total. The molecule has 21 heavy (non-hydrogen) atoms. The van der Waals surface area contributed by atoms with Crippen LogP contribution in [0.4, 0.5) is 5.00 Å². The molecule has 0 aliphatic carbocycles. The molecule has 2 atom stereocenters. The molecule has 0 saturated carbocycles. The number of nitrogens with two attached hydrogens (primary N) is 1. The van der Waals surface area contributed by atoms with E-state index in [4.69, 9.17) is 10.8 Å². The number of carboxylic acid groups (broad SMARTS) is 1. The van der Waals surface area contributed by atoms with Crippen LogP contribution in [0.5, 0.6) is 0 Å². The van der Waals surface area contributed by atoms with E-state index in [9.17, 15) is 14.4 Å². The number of rotatable bonds is 5. The molecule has 114 valence electrons. The molecular formula is C13H17N3O4S. The van der Waals surface area contributed by atoms with Crippen LogP contribution in [0.25, 0.3) is 0 Å². The van der Waals surface area contributed by atoms with Crippen LogP contribution in [-0.2, 0) is 9.59 Å². The van der Waals surface area contributed by atoms with Crippen LogP contribution in [0.1, 0.15) is 17.3 Å². The van der Waals surface area contributed by atoms with Crippen LogP contribution in [0.2, 0.25) is 0 Å². The van der Waals surface area contributed by atoms with Crippen molar-refractivity contribution in [2.75, 3.05) is 25.0 Å². The van der Waals surface area contributed by atoms with Gasteiger partial charge in [0, 0.05) is 13.1 Å². The third-order valence-electron chi connectivity index (χ3n) is 3.56. The average Bonchev–Trinajstić information content (AvgIpc) is 2.95. The van der Waals surface area contributed by atoms with E-state index < -0.39 is 17.8 Å². The number of hydrogen-bond donors (Lipinski definition) is 3. The van der Waals surface area contributed by atoms with Gasteiger partial charge in [-0.25, -0.2) is 0 Å². The number of carbonyl (C=O) groups excluding carboxylic acids is 2. The summed E-state index contributed by atoms with van der Waals surface area (Å²) in [6.07, 6.45) is 0. The Bertz CT molecular complexity index is 572. The Kier molecular flexibility index (Phi) is 4.59. The topological polar surface area (TPSA) is 113 Å². The van der Waals surface area contributed by atoms with Gasteiger partial charge in [0.2, 0.25) is 5.91 Å². The number of amides is 2. The highest BCUT2D eigenvalue weighted by Gasteiger charge is 2.35. The molecule has 1 aliphatic heterocycles. The minimum atomic E-state index is -0.834. The van der Waals surface area contributed by atoms with Crippen LogP contribution in [0, 0.1) is 11.8 Å². The second-order valence-corrected chi connectivity index (χ2v) is 6.11. The first-order chi connectivity index (χ1) is 9.88. The third-order valence-corrected chi connectivity index (χ3v) is 4.39. The Morgan fingerprint density at radius 2 is 2.19 bits per heavy atom. The second kappa shape index (κ2) is 6.23. The van der Waals surface area contributed by atoms with Gasteiger partial charge in [0.25, 0.3) is 5.91 Å². The van der Waals surface area contributed by atoms with Crippen molar-refractivity contribution in [3.63, 3.8) is 0 Å². The quantitative estimate of drug-likeness (QED) is 0.730. The van der Waals surface area contributed by atoms with E-state index in [1.165, 1.54) is 11.3 Å². The van der Waals surface area contributed by atoms with Gasteiger partial charge < -0.3 is 16.2 Å². The number of carboxylic acids is 1. The number of carbonyl (C=O) groups is 3. The highest BCUT2D eigenvalue weighted by Crippen LogP contribution is 2.24. The normalized spacial score (nSPS) is 22.1. The zero-order chi connectivity index (χ0) is 15.6. The van der Waals surface area contributed by atoms with Crippen LogP contribution in [0.3, 0.4) is 0 Å². The Morgan fingerprint density at radius 3 is 2.76 bits per heavy atom. The molecule has 0 spiro atoms. The van der Waals surface area contributed by atoms with Crippen LogP contribution in [0.15, 0.2) is 11.4 Å². The summed E-state index contributed by atoms with van der Waals surface area (Å²) >= 11 is 1.22. The number of hydrogen-bond acceptors (Lipinski definition) is 5. The second-order valence-electron chi connectivity index (χ2n) is 5.19. The maximum Gasteiger partial charge on any atom is 0.308 e. The van der Waals surface area contributed by atoms with Crippen LogP contribution < -0.4 is 11.1 Å². The Hall–Kier alpha value is -1.93. The molecule has 2 rings (SSSR count). The summed E-state index contributed by atoms with van der Waals surface area (Å²) in [5.74, 6) is -2.14. The zero-order valence-corrected chi connectivity index (χ0v) is 12.4. The molecular weight excluding hydrogens is 294 g/mol. The van der Waals surface area contributed by atoms with Crippen molar-refractivity contribution in [1.29, 1.82) is 0 Å². The summed E-state index contributed by atoms with van der Waals surface area (Å²) in [5.41, 5.74) is 5.49. The van der Waals surface area contributed by atoms with Gasteiger partial charge in [-0.1, -0.05) is 6.92 Å². The fraction of sp³-hybridized carbons (Fsp3) is 0.462. The lowest BCUT2D eigenvalue weighted by Crippen LogP contribution is -2.32. The summed E-state index contributed by atoms with van der Waals surface area (Å²) in [6, 6.07) is 1.56. The first kappa shape index (κ1) is 15.5. The van der Waals surface area contributed by atoms with Crippen molar-refractivity contribution in [3.05, 3.63) is 17.0 Å². The molecule has 2 heterocycles. The number of nitrogens with zero attached hydrogens (tertiary/aromatic N) is 1. The van der Waals surface area contributed by atoms with E-state index in [0.717, 1.165) is 0 Å². The maximum atomic E-state index is 12.0. The third kappa shape index (κ3) is 3.59. The molecule has 0 bridgehead atoms. The number of likely N-dealkylation sites (tertiary alicyclic amines) is 1. The summed E-state index contributed by atoms with van der Waals surface area (Å²) in [5, 5.41) is 13.8. The van der Waals surface area contributed by atoms with Crippen LogP contribution >= 0.6 is 11.3 Å². The van der Waals surface area contributed by atoms with Gasteiger partial charge in [-0.15, -0.1) is 11.3 Å². The van der Waals surface area contributed by atoms with E-state index in [1.807, 2.05) is 6.92 Å². The van der Waals surface area contributed by atoms with E-state index >= 15 is 0 Å². The Labute approximate surface area is 125 Å².